The fourth-order valence-electron chi connectivity index (χ4n) is 2.17. The van der Waals surface area contributed by atoms with E-state index in [0.717, 1.165) is 30.9 Å². The standard InChI is InChI=1S/C17H22N2OS/c1-14-9-10-16(21-14)17(20)18-11-6-12-19(2)13-15-7-4-3-5-8-15/h3-5,7-10H,6,11-13H2,1-2H3,(H,18,20). The quantitative estimate of drug-likeness (QED) is 0.796. The molecule has 1 amide bonds. The zero-order valence-corrected chi connectivity index (χ0v) is 13.5. The third-order valence-corrected chi connectivity index (χ3v) is 4.26. The van der Waals surface area contributed by atoms with E-state index >= 15 is 0 Å². The van der Waals surface area contributed by atoms with Gasteiger partial charge in [-0.2, -0.15) is 0 Å². The fraction of sp³-hybridized carbons (Fsp3) is 0.353. The van der Waals surface area contributed by atoms with E-state index in [-0.39, 0.29) is 5.91 Å². The second kappa shape index (κ2) is 7.96. The molecule has 112 valence electrons. The number of carbonyl (C=O) groups excluding carboxylic acids is 1. The number of nitrogens with zero attached hydrogens (tertiary/aromatic N) is 1. The molecule has 1 heterocycles. The van der Waals surface area contributed by atoms with Gasteiger partial charge in [0.1, 0.15) is 0 Å². The van der Waals surface area contributed by atoms with Gasteiger partial charge in [0.05, 0.1) is 4.88 Å². The molecule has 0 aliphatic carbocycles. The number of rotatable bonds is 7. The Morgan fingerprint density at radius 3 is 2.62 bits per heavy atom. The molecule has 2 aromatic rings. The van der Waals surface area contributed by atoms with Crippen LogP contribution in [0.4, 0.5) is 0 Å². The van der Waals surface area contributed by atoms with Gasteiger partial charge in [-0.3, -0.25) is 4.79 Å². The molecule has 0 radical (unpaired) electrons. The minimum Gasteiger partial charge on any atom is -0.351 e. The van der Waals surface area contributed by atoms with E-state index in [0.29, 0.717) is 0 Å². The van der Waals surface area contributed by atoms with E-state index in [2.05, 4.69) is 41.5 Å². The fourth-order valence-corrected chi connectivity index (χ4v) is 2.95. The van der Waals surface area contributed by atoms with Gasteiger partial charge in [0, 0.05) is 18.0 Å². The van der Waals surface area contributed by atoms with E-state index < -0.39 is 0 Å². The molecule has 0 spiro atoms. The SMILES string of the molecule is Cc1ccc(C(=O)NCCCN(C)Cc2ccccc2)s1. The van der Waals surface area contributed by atoms with E-state index in [1.54, 1.807) is 0 Å². The first-order chi connectivity index (χ1) is 10.1. The normalized spacial score (nSPS) is 10.8. The van der Waals surface area contributed by atoms with Crippen molar-refractivity contribution in [2.24, 2.45) is 0 Å². The first-order valence-corrected chi connectivity index (χ1v) is 8.04. The van der Waals surface area contributed by atoms with Gasteiger partial charge in [-0.25, -0.2) is 0 Å². The van der Waals surface area contributed by atoms with Crippen LogP contribution in [0.3, 0.4) is 0 Å². The average Bonchev–Trinajstić information content (AvgIpc) is 2.91. The molecule has 1 N–H and O–H groups in total. The molecular formula is C17H22N2OS. The van der Waals surface area contributed by atoms with Gasteiger partial charge in [0.15, 0.2) is 0 Å². The summed E-state index contributed by atoms with van der Waals surface area (Å²) in [5.74, 6) is 0.0406. The molecule has 0 unspecified atom stereocenters. The first-order valence-electron chi connectivity index (χ1n) is 7.22. The molecule has 1 aromatic carbocycles. The number of thiophene rings is 1. The lowest BCUT2D eigenvalue weighted by molar-refractivity contribution is 0.0956. The van der Waals surface area contributed by atoms with Crippen LogP contribution >= 0.6 is 11.3 Å². The maximum Gasteiger partial charge on any atom is 0.261 e. The second-order valence-corrected chi connectivity index (χ2v) is 6.53. The average molecular weight is 302 g/mol. The Labute approximate surface area is 130 Å². The number of amides is 1. The highest BCUT2D eigenvalue weighted by Crippen LogP contribution is 2.14. The van der Waals surface area contributed by atoms with Gasteiger partial charge < -0.3 is 10.2 Å². The van der Waals surface area contributed by atoms with Crippen LogP contribution in [-0.4, -0.2) is 30.9 Å². The molecular weight excluding hydrogens is 280 g/mol. The molecule has 2 rings (SSSR count). The summed E-state index contributed by atoms with van der Waals surface area (Å²) in [4.78, 5) is 16.1. The van der Waals surface area contributed by atoms with Crippen LogP contribution in [-0.2, 0) is 6.54 Å². The van der Waals surface area contributed by atoms with Crippen LogP contribution in [0.5, 0.6) is 0 Å². The molecule has 0 saturated carbocycles. The van der Waals surface area contributed by atoms with E-state index in [1.165, 1.54) is 21.8 Å². The number of benzene rings is 1. The minimum absolute atomic E-state index is 0.0406. The topological polar surface area (TPSA) is 32.3 Å². The largest absolute Gasteiger partial charge is 0.351 e. The van der Waals surface area contributed by atoms with Crippen molar-refractivity contribution in [3.8, 4) is 0 Å². The molecule has 3 nitrogen and oxygen atoms in total. The maximum atomic E-state index is 11.9. The number of hydrogen-bond donors (Lipinski definition) is 1. The van der Waals surface area contributed by atoms with E-state index in [1.807, 2.05) is 25.1 Å². The monoisotopic (exact) mass is 302 g/mol. The molecule has 4 heteroatoms. The minimum atomic E-state index is 0.0406. The summed E-state index contributed by atoms with van der Waals surface area (Å²) in [7, 11) is 2.11. The summed E-state index contributed by atoms with van der Waals surface area (Å²) in [5, 5.41) is 2.98. The van der Waals surface area contributed by atoms with Crippen molar-refractivity contribution in [3.63, 3.8) is 0 Å². The Kier molecular flexibility index (Phi) is 5.96. The number of aryl methyl sites for hydroxylation is 1. The summed E-state index contributed by atoms with van der Waals surface area (Å²) in [6.07, 6.45) is 0.958. The second-order valence-electron chi connectivity index (χ2n) is 5.24. The van der Waals surface area contributed by atoms with Gasteiger partial charge in [-0.15, -0.1) is 11.3 Å². The summed E-state index contributed by atoms with van der Waals surface area (Å²) < 4.78 is 0. The predicted octanol–water partition coefficient (Wildman–Crippen LogP) is 3.31. The Morgan fingerprint density at radius 2 is 1.95 bits per heavy atom. The Morgan fingerprint density at radius 1 is 1.19 bits per heavy atom. The Hall–Kier alpha value is -1.65. The molecule has 1 aromatic heterocycles. The summed E-state index contributed by atoms with van der Waals surface area (Å²) in [6.45, 7) is 4.65. The third kappa shape index (κ3) is 5.33. The zero-order chi connectivity index (χ0) is 15.1. The lowest BCUT2D eigenvalue weighted by Gasteiger charge is -2.16. The van der Waals surface area contributed by atoms with Crippen molar-refractivity contribution >= 4 is 17.2 Å². The van der Waals surface area contributed by atoms with Crippen LogP contribution in [0.1, 0.15) is 26.5 Å². The lowest BCUT2D eigenvalue weighted by Crippen LogP contribution is -2.27. The number of nitrogens with one attached hydrogen (secondary N) is 1. The third-order valence-electron chi connectivity index (χ3n) is 3.26. The van der Waals surface area contributed by atoms with Crippen molar-refractivity contribution in [2.45, 2.75) is 19.9 Å². The molecule has 0 fully saturated rings. The van der Waals surface area contributed by atoms with Crippen molar-refractivity contribution < 1.29 is 4.79 Å². The molecule has 0 aliphatic rings. The molecule has 0 aliphatic heterocycles. The highest BCUT2D eigenvalue weighted by molar-refractivity contribution is 7.13. The van der Waals surface area contributed by atoms with E-state index in [4.69, 9.17) is 0 Å². The Balaban J connectivity index is 1.64. The zero-order valence-electron chi connectivity index (χ0n) is 12.6. The van der Waals surface area contributed by atoms with Crippen molar-refractivity contribution in [2.75, 3.05) is 20.1 Å². The number of hydrogen-bond acceptors (Lipinski definition) is 3. The van der Waals surface area contributed by atoms with Crippen LogP contribution in [0.15, 0.2) is 42.5 Å². The van der Waals surface area contributed by atoms with Gasteiger partial charge in [0.2, 0.25) is 0 Å². The summed E-state index contributed by atoms with van der Waals surface area (Å²) in [6, 6.07) is 14.3. The molecule has 21 heavy (non-hydrogen) atoms. The van der Waals surface area contributed by atoms with Crippen LogP contribution in [0.2, 0.25) is 0 Å². The first kappa shape index (κ1) is 15.7. The van der Waals surface area contributed by atoms with Crippen LogP contribution < -0.4 is 5.32 Å². The highest BCUT2D eigenvalue weighted by Gasteiger charge is 2.07. The summed E-state index contributed by atoms with van der Waals surface area (Å²) in [5.41, 5.74) is 1.32. The molecule has 0 saturated heterocycles. The van der Waals surface area contributed by atoms with Crippen molar-refractivity contribution in [3.05, 3.63) is 57.8 Å². The van der Waals surface area contributed by atoms with Crippen LogP contribution in [0.25, 0.3) is 0 Å². The van der Waals surface area contributed by atoms with E-state index in [9.17, 15) is 4.79 Å². The smallest absolute Gasteiger partial charge is 0.261 e. The lowest BCUT2D eigenvalue weighted by atomic mass is 10.2. The predicted molar refractivity (Wildman–Crippen MR) is 88.8 cm³/mol. The molecule has 0 atom stereocenters. The number of carbonyl (C=O) groups is 1. The highest BCUT2D eigenvalue weighted by atomic mass is 32.1. The van der Waals surface area contributed by atoms with Gasteiger partial charge in [-0.1, -0.05) is 30.3 Å². The summed E-state index contributed by atoms with van der Waals surface area (Å²) >= 11 is 1.54. The van der Waals surface area contributed by atoms with Gasteiger partial charge >= 0.3 is 0 Å². The van der Waals surface area contributed by atoms with Gasteiger partial charge in [0.25, 0.3) is 5.91 Å². The van der Waals surface area contributed by atoms with Crippen LogP contribution in [0, 0.1) is 6.92 Å². The van der Waals surface area contributed by atoms with Gasteiger partial charge in [-0.05, 0) is 44.6 Å². The maximum absolute atomic E-state index is 11.9. The van der Waals surface area contributed by atoms with Crippen molar-refractivity contribution in [1.82, 2.24) is 10.2 Å². The Bertz CT molecular complexity index is 565. The molecule has 0 bridgehead atoms. The van der Waals surface area contributed by atoms with Crippen molar-refractivity contribution in [1.29, 1.82) is 0 Å².